The van der Waals surface area contributed by atoms with E-state index in [1.165, 1.54) is 28.3 Å². The molecular formula is C17H22ClIN2. The minimum absolute atomic E-state index is 0.576. The zero-order valence-electron chi connectivity index (χ0n) is 12.6. The topological polar surface area (TPSA) is 17.8 Å². The summed E-state index contributed by atoms with van der Waals surface area (Å²) in [5.74, 6) is 3.39. The molecule has 0 N–H and O–H groups in total. The molecule has 0 bridgehead atoms. The van der Waals surface area contributed by atoms with E-state index in [4.69, 9.17) is 16.6 Å². The number of benzene rings is 1. The van der Waals surface area contributed by atoms with Crippen LogP contribution in [-0.4, -0.2) is 15.4 Å². The number of rotatable bonds is 3. The Bertz CT molecular complexity index is 627. The second-order valence-electron chi connectivity index (χ2n) is 6.54. The lowest BCUT2D eigenvalue weighted by atomic mass is 9.80. The highest BCUT2D eigenvalue weighted by atomic mass is 127. The quantitative estimate of drug-likeness (QED) is 0.482. The van der Waals surface area contributed by atoms with E-state index in [-0.39, 0.29) is 0 Å². The Labute approximate surface area is 145 Å². The van der Waals surface area contributed by atoms with Gasteiger partial charge in [0, 0.05) is 21.9 Å². The molecule has 0 saturated heterocycles. The molecule has 2 nitrogen and oxygen atoms in total. The summed E-state index contributed by atoms with van der Waals surface area (Å²) in [5.41, 5.74) is 2.40. The van der Waals surface area contributed by atoms with Crippen LogP contribution in [0.25, 0.3) is 11.0 Å². The fourth-order valence-electron chi connectivity index (χ4n) is 3.91. The summed E-state index contributed by atoms with van der Waals surface area (Å²) in [6, 6.07) is 7.17. The molecule has 2 atom stereocenters. The first-order valence-corrected chi connectivity index (χ1v) is 9.42. The summed E-state index contributed by atoms with van der Waals surface area (Å²) < 4.78 is 3.73. The Morgan fingerprint density at radius 2 is 1.95 bits per heavy atom. The number of hydrogen-bond donors (Lipinski definition) is 0. The fraction of sp³-hybridized carbons (Fsp3) is 0.588. The molecule has 0 radical (unpaired) electrons. The van der Waals surface area contributed by atoms with Gasteiger partial charge in [0.1, 0.15) is 5.82 Å². The number of hydrogen-bond acceptors (Lipinski definition) is 1. The molecule has 0 aliphatic heterocycles. The van der Waals surface area contributed by atoms with Crippen LogP contribution in [0.5, 0.6) is 0 Å². The number of halogens is 2. The third kappa shape index (κ3) is 3.24. The van der Waals surface area contributed by atoms with Crippen LogP contribution in [0.1, 0.15) is 45.0 Å². The standard InChI is InChI=1S/C17H22ClIN2/c1-11-7-12(2)9-14(8-11)21-16-4-3-13(19)10-15(16)20-17(21)5-6-18/h3-4,10-12,14H,5-9H2,1-2H3. The van der Waals surface area contributed by atoms with Gasteiger partial charge in [0.05, 0.1) is 11.0 Å². The van der Waals surface area contributed by atoms with E-state index in [1.54, 1.807) is 0 Å². The van der Waals surface area contributed by atoms with Gasteiger partial charge in [-0.3, -0.25) is 0 Å². The van der Waals surface area contributed by atoms with Crippen molar-refractivity contribution in [1.82, 2.24) is 9.55 Å². The van der Waals surface area contributed by atoms with Crippen molar-refractivity contribution >= 4 is 45.2 Å². The van der Waals surface area contributed by atoms with E-state index in [0.29, 0.717) is 11.9 Å². The highest BCUT2D eigenvalue weighted by Crippen LogP contribution is 2.38. The molecule has 1 aromatic heterocycles. The minimum Gasteiger partial charge on any atom is -0.325 e. The lowest BCUT2D eigenvalue weighted by Gasteiger charge is -2.33. The van der Waals surface area contributed by atoms with Crippen molar-refractivity contribution in [3.63, 3.8) is 0 Å². The predicted molar refractivity (Wildman–Crippen MR) is 98.1 cm³/mol. The van der Waals surface area contributed by atoms with Crippen molar-refractivity contribution in [2.75, 3.05) is 5.88 Å². The molecule has 1 heterocycles. The van der Waals surface area contributed by atoms with Crippen LogP contribution >= 0.6 is 34.2 Å². The second-order valence-corrected chi connectivity index (χ2v) is 8.16. The highest BCUT2D eigenvalue weighted by Gasteiger charge is 2.27. The molecule has 114 valence electrons. The third-order valence-corrected chi connectivity index (χ3v) is 5.42. The smallest absolute Gasteiger partial charge is 0.111 e. The van der Waals surface area contributed by atoms with Gasteiger partial charge < -0.3 is 4.57 Å². The zero-order valence-corrected chi connectivity index (χ0v) is 15.6. The SMILES string of the molecule is CC1CC(C)CC(n2c(CCCl)nc3cc(I)ccc32)C1. The van der Waals surface area contributed by atoms with Gasteiger partial charge in [-0.25, -0.2) is 4.98 Å². The first-order valence-electron chi connectivity index (χ1n) is 7.80. The van der Waals surface area contributed by atoms with E-state index in [1.807, 2.05) is 0 Å². The van der Waals surface area contributed by atoms with Crippen molar-refractivity contribution in [1.29, 1.82) is 0 Å². The molecule has 1 saturated carbocycles. The number of fused-ring (bicyclic) bond motifs is 1. The first kappa shape index (κ1) is 15.6. The maximum absolute atomic E-state index is 6.01. The van der Waals surface area contributed by atoms with Gasteiger partial charge >= 0.3 is 0 Å². The number of imidazole rings is 1. The van der Waals surface area contributed by atoms with E-state index in [2.05, 4.69) is 59.2 Å². The lowest BCUT2D eigenvalue weighted by molar-refractivity contribution is 0.222. The lowest BCUT2D eigenvalue weighted by Crippen LogP contribution is -2.24. The molecule has 0 amide bonds. The van der Waals surface area contributed by atoms with Gasteiger partial charge in [-0.15, -0.1) is 11.6 Å². The second kappa shape index (κ2) is 6.45. The molecule has 21 heavy (non-hydrogen) atoms. The van der Waals surface area contributed by atoms with E-state index >= 15 is 0 Å². The van der Waals surface area contributed by atoms with Crippen LogP contribution in [0, 0.1) is 15.4 Å². The molecule has 1 aliphatic carbocycles. The van der Waals surface area contributed by atoms with Crippen LogP contribution in [0.3, 0.4) is 0 Å². The average molecular weight is 417 g/mol. The van der Waals surface area contributed by atoms with Crippen molar-refractivity contribution in [3.05, 3.63) is 27.6 Å². The summed E-state index contributed by atoms with van der Waals surface area (Å²) in [4.78, 5) is 4.86. The van der Waals surface area contributed by atoms with Gasteiger partial charge in [-0.1, -0.05) is 13.8 Å². The summed E-state index contributed by atoms with van der Waals surface area (Å²) >= 11 is 8.36. The largest absolute Gasteiger partial charge is 0.325 e. The third-order valence-electron chi connectivity index (χ3n) is 4.56. The molecule has 4 heteroatoms. The van der Waals surface area contributed by atoms with Crippen LogP contribution in [0.15, 0.2) is 18.2 Å². The van der Waals surface area contributed by atoms with Crippen molar-refractivity contribution in [2.24, 2.45) is 11.8 Å². The molecule has 1 fully saturated rings. The van der Waals surface area contributed by atoms with Gasteiger partial charge in [0.25, 0.3) is 0 Å². The summed E-state index contributed by atoms with van der Waals surface area (Å²) in [5, 5.41) is 0. The molecule has 2 unspecified atom stereocenters. The van der Waals surface area contributed by atoms with E-state index in [0.717, 1.165) is 29.6 Å². The summed E-state index contributed by atoms with van der Waals surface area (Å²) in [6.45, 7) is 4.76. The first-order chi connectivity index (χ1) is 10.1. The normalized spacial score (nSPS) is 26.4. The van der Waals surface area contributed by atoms with Crippen LogP contribution in [0.2, 0.25) is 0 Å². The Morgan fingerprint density at radius 3 is 2.62 bits per heavy atom. The minimum atomic E-state index is 0.576. The van der Waals surface area contributed by atoms with E-state index in [9.17, 15) is 0 Å². The molecule has 3 rings (SSSR count). The monoisotopic (exact) mass is 416 g/mol. The van der Waals surface area contributed by atoms with Crippen molar-refractivity contribution in [2.45, 2.75) is 45.6 Å². The number of aromatic nitrogens is 2. The summed E-state index contributed by atoms with van der Waals surface area (Å²) in [7, 11) is 0. The maximum atomic E-state index is 6.01. The van der Waals surface area contributed by atoms with Crippen LogP contribution < -0.4 is 0 Å². The Morgan fingerprint density at radius 1 is 1.24 bits per heavy atom. The number of aryl methyl sites for hydroxylation is 1. The fourth-order valence-corrected chi connectivity index (χ4v) is 4.55. The predicted octanol–water partition coefficient (Wildman–Crippen LogP) is 5.42. The average Bonchev–Trinajstić information content (AvgIpc) is 2.75. The summed E-state index contributed by atoms with van der Waals surface area (Å²) in [6.07, 6.45) is 4.73. The highest BCUT2D eigenvalue weighted by molar-refractivity contribution is 14.1. The van der Waals surface area contributed by atoms with Crippen molar-refractivity contribution in [3.8, 4) is 0 Å². The maximum Gasteiger partial charge on any atom is 0.111 e. The number of alkyl halides is 1. The molecule has 0 spiro atoms. The number of nitrogens with zero attached hydrogens (tertiary/aromatic N) is 2. The Hall–Kier alpha value is -0.290. The molecule has 2 aromatic rings. The molecule has 1 aliphatic rings. The van der Waals surface area contributed by atoms with Crippen LogP contribution in [0.4, 0.5) is 0 Å². The Kier molecular flexibility index (Phi) is 4.79. The van der Waals surface area contributed by atoms with Gasteiger partial charge in [-0.2, -0.15) is 0 Å². The zero-order chi connectivity index (χ0) is 15.0. The van der Waals surface area contributed by atoms with Gasteiger partial charge in [0.15, 0.2) is 0 Å². The molecular weight excluding hydrogens is 395 g/mol. The van der Waals surface area contributed by atoms with Crippen molar-refractivity contribution < 1.29 is 0 Å². The Balaban J connectivity index is 2.08. The van der Waals surface area contributed by atoms with Gasteiger partial charge in [0.2, 0.25) is 0 Å². The molecule has 1 aromatic carbocycles. The van der Waals surface area contributed by atoms with Crippen LogP contribution in [-0.2, 0) is 6.42 Å². The van der Waals surface area contributed by atoms with E-state index < -0.39 is 0 Å². The van der Waals surface area contributed by atoms with Gasteiger partial charge in [-0.05, 0) is 71.9 Å².